The van der Waals surface area contributed by atoms with E-state index in [9.17, 15) is 0 Å². The molecule has 56 valence electrons. The number of rotatable bonds is 3. The third-order valence-electron chi connectivity index (χ3n) is 1.43. The van der Waals surface area contributed by atoms with Gasteiger partial charge in [0.15, 0.2) is 0 Å². The van der Waals surface area contributed by atoms with Gasteiger partial charge in [-0.3, -0.25) is 0 Å². The first kappa shape index (κ1) is 8.96. The van der Waals surface area contributed by atoms with Crippen LogP contribution in [0.1, 0.15) is 34.6 Å². The topological polar surface area (TPSA) is 9.23 Å². The molecule has 0 bridgehead atoms. The highest BCUT2D eigenvalue weighted by molar-refractivity contribution is 4.55. The molecule has 0 rings (SSSR count). The third kappa shape index (κ3) is 4.46. The van der Waals surface area contributed by atoms with Gasteiger partial charge < -0.3 is 4.74 Å². The fourth-order valence-electron chi connectivity index (χ4n) is 0.586. The minimum Gasteiger partial charge on any atom is -0.376 e. The Morgan fingerprint density at radius 3 is 1.44 bits per heavy atom. The molecule has 0 aromatic heterocycles. The van der Waals surface area contributed by atoms with E-state index in [1.165, 1.54) is 0 Å². The van der Waals surface area contributed by atoms with Crippen LogP contribution in [-0.2, 0) is 4.74 Å². The van der Waals surface area contributed by atoms with Crippen molar-refractivity contribution < 1.29 is 4.74 Å². The number of hydrogen-bond donors (Lipinski definition) is 0. The number of ether oxygens (including phenoxy) is 1. The molecule has 0 heterocycles. The molecule has 1 atom stereocenters. The highest BCUT2D eigenvalue weighted by Crippen LogP contribution is 2.07. The van der Waals surface area contributed by atoms with E-state index in [4.69, 9.17) is 4.74 Å². The second-order valence-corrected chi connectivity index (χ2v) is 3.13. The third-order valence-corrected chi connectivity index (χ3v) is 1.43. The second-order valence-electron chi connectivity index (χ2n) is 3.13. The Balaban J connectivity index is 3.38. The molecule has 0 radical (unpaired) electrons. The van der Waals surface area contributed by atoms with E-state index in [0.717, 1.165) is 0 Å². The Morgan fingerprint density at radius 2 is 1.33 bits per heavy atom. The molecule has 0 amide bonds. The molecule has 0 N–H and O–H groups in total. The maximum Gasteiger partial charge on any atom is 0.0573 e. The predicted molar refractivity (Wildman–Crippen MR) is 40.5 cm³/mol. The van der Waals surface area contributed by atoms with Gasteiger partial charge in [-0.1, -0.05) is 13.8 Å². The van der Waals surface area contributed by atoms with Crippen LogP contribution < -0.4 is 0 Å². The summed E-state index contributed by atoms with van der Waals surface area (Å²) in [7, 11) is 0. The first-order valence-corrected chi connectivity index (χ1v) is 3.69. The monoisotopic (exact) mass is 130 g/mol. The van der Waals surface area contributed by atoms with Crippen molar-refractivity contribution in [2.75, 3.05) is 0 Å². The smallest absolute Gasteiger partial charge is 0.0573 e. The van der Waals surface area contributed by atoms with E-state index < -0.39 is 0 Å². The molecule has 0 aliphatic carbocycles. The fraction of sp³-hybridized carbons (Fsp3) is 1.00. The Hall–Kier alpha value is -0.0400. The molecule has 1 unspecified atom stereocenters. The Labute approximate surface area is 58.4 Å². The molecule has 0 fully saturated rings. The summed E-state index contributed by atoms with van der Waals surface area (Å²) in [6, 6.07) is 0. The lowest BCUT2D eigenvalue weighted by Gasteiger charge is -2.18. The van der Waals surface area contributed by atoms with Gasteiger partial charge in [0.1, 0.15) is 0 Å². The van der Waals surface area contributed by atoms with E-state index in [1.807, 2.05) is 0 Å². The van der Waals surface area contributed by atoms with Crippen LogP contribution in [-0.4, -0.2) is 12.2 Å². The van der Waals surface area contributed by atoms with Crippen molar-refractivity contribution in [1.29, 1.82) is 0 Å². The van der Waals surface area contributed by atoms with Crippen molar-refractivity contribution in [2.45, 2.75) is 46.8 Å². The van der Waals surface area contributed by atoms with Gasteiger partial charge in [-0.15, -0.1) is 0 Å². The molecule has 1 heteroatoms. The zero-order valence-electron chi connectivity index (χ0n) is 7.14. The Morgan fingerprint density at radius 1 is 0.889 bits per heavy atom. The van der Waals surface area contributed by atoms with E-state index in [1.54, 1.807) is 0 Å². The van der Waals surface area contributed by atoms with Gasteiger partial charge in [0.2, 0.25) is 0 Å². The lowest BCUT2D eigenvalue weighted by atomic mass is 10.1. The van der Waals surface area contributed by atoms with Gasteiger partial charge in [-0.25, -0.2) is 0 Å². The van der Waals surface area contributed by atoms with Crippen molar-refractivity contribution in [2.24, 2.45) is 5.92 Å². The first-order chi connectivity index (χ1) is 4.04. The Bertz CT molecular complexity index is 67.0. The molecule has 0 aliphatic rings. The van der Waals surface area contributed by atoms with Gasteiger partial charge in [0, 0.05) is 0 Å². The van der Waals surface area contributed by atoms with Gasteiger partial charge >= 0.3 is 0 Å². The average molecular weight is 130 g/mol. The van der Waals surface area contributed by atoms with Crippen molar-refractivity contribution >= 4 is 0 Å². The zero-order chi connectivity index (χ0) is 7.44. The molecule has 0 aromatic carbocycles. The average Bonchev–Trinajstić information content (AvgIpc) is 1.63. The minimum absolute atomic E-state index is 0.363. The standard InChI is InChI=1S/C8H18O/c1-6(2)8(5)9-7(3)4/h6-8H,1-5H3. The summed E-state index contributed by atoms with van der Waals surface area (Å²) in [5, 5.41) is 0. The SMILES string of the molecule is CC(C)OC(C)C(C)C. The van der Waals surface area contributed by atoms with Gasteiger partial charge in [-0.2, -0.15) is 0 Å². The highest BCUT2D eigenvalue weighted by Gasteiger charge is 2.07. The summed E-state index contributed by atoms with van der Waals surface area (Å²) in [6.07, 6.45) is 0.757. The normalized spacial score (nSPS) is 15.0. The lowest BCUT2D eigenvalue weighted by molar-refractivity contribution is -0.00641. The molecule has 9 heavy (non-hydrogen) atoms. The van der Waals surface area contributed by atoms with Crippen LogP contribution >= 0.6 is 0 Å². The maximum atomic E-state index is 5.51. The molecular weight excluding hydrogens is 112 g/mol. The van der Waals surface area contributed by atoms with Crippen LogP contribution in [0.4, 0.5) is 0 Å². The zero-order valence-corrected chi connectivity index (χ0v) is 7.14. The van der Waals surface area contributed by atoms with Gasteiger partial charge in [0.05, 0.1) is 12.2 Å². The van der Waals surface area contributed by atoms with Crippen LogP contribution in [0.15, 0.2) is 0 Å². The highest BCUT2D eigenvalue weighted by atomic mass is 16.5. The summed E-state index contributed by atoms with van der Waals surface area (Å²) in [5.41, 5.74) is 0. The van der Waals surface area contributed by atoms with Crippen LogP contribution in [0.2, 0.25) is 0 Å². The lowest BCUT2D eigenvalue weighted by Crippen LogP contribution is -2.19. The summed E-state index contributed by atoms with van der Waals surface area (Å²) in [6.45, 7) is 10.6. The molecular formula is C8H18O. The summed E-state index contributed by atoms with van der Waals surface area (Å²) in [4.78, 5) is 0. The van der Waals surface area contributed by atoms with Crippen LogP contribution in [0.3, 0.4) is 0 Å². The molecule has 0 saturated heterocycles. The molecule has 0 aliphatic heterocycles. The summed E-state index contributed by atoms with van der Waals surface area (Å²) >= 11 is 0. The largest absolute Gasteiger partial charge is 0.376 e. The predicted octanol–water partition coefficient (Wildman–Crippen LogP) is 2.46. The van der Waals surface area contributed by atoms with Gasteiger partial charge in [-0.05, 0) is 26.7 Å². The summed E-state index contributed by atoms with van der Waals surface area (Å²) < 4.78 is 5.51. The fourth-order valence-corrected chi connectivity index (χ4v) is 0.586. The summed E-state index contributed by atoms with van der Waals surface area (Å²) in [5.74, 6) is 0.632. The van der Waals surface area contributed by atoms with E-state index in [2.05, 4.69) is 34.6 Å². The van der Waals surface area contributed by atoms with Crippen molar-refractivity contribution in [1.82, 2.24) is 0 Å². The van der Waals surface area contributed by atoms with Gasteiger partial charge in [0.25, 0.3) is 0 Å². The van der Waals surface area contributed by atoms with E-state index >= 15 is 0 Å². The maximum absolute atomic E-state index is 5.51. The van der Waals surface area contributed by atoms with E-state index in [0.29, 0.717) is 18.1 Å². The quantitative estimate of drug-likeness (QED) is 0.570. The Kier molecular flexibility index (Phi) is 3.87. The molecule has 0 spiro atoms. The van der Waals surface area contributed by atoms with Crippen LogP contribution in [0.5, 0.6) is 0 Å². The van der Waals surface area contributed by atoms with Crippen LogP contribution in [0, 0.1) is 5.92 Å². The molecule has 0 saturated carbocycles. The van der Waals surface area contributed by atoms with Crippen LogP contribution in [0.25, 0.3) is 0 Å². The van der Waals surface area contributed by atoms with Crippen molar-refractivity contribution in [3.63, 3.8) is 0 Å². The minimum atomic E-state index is 0.363. The van der Waals surface area contributed by atoms with E-state index in [-0.39, 0.29) is 0 Å². The first-order valence-electron chi connectivity index (χ1n) is 3.69. The molecule has 1 nitrogen and oxygen atoms in total. The van der Waals surface area contributed by atoms with Crippen molar-refractivity contribution in [3.8, 4) is 0 Å². The number of hydrogen-bond acceptors (Lipinski definition) is 1. The second kappa shape index (κ2) is 3.89. The van der Waals surface area contributed by atoms with Crippen molar-refractivity contribution in [3.05, 3.63) is 0 Å². The molecule has 0 aromatic rings.